The highest BCUT2D eigenvalue weighted by Gasteiger charge is 2.62. The van der Waals surface area contributed by atoms with Crippen molar-refractivity contribution in [1.82, 2.24) is 0 Å². The fraction of sp³-hybridized carbons (Fsp3) is 0.462. The summed E-state index contributed by atoms with van der Waals surface area (Å²) in [5, 5.41) is 0. The van der Waals surface area contributed by atoms with Crippen molar-refractivity contribution < 1.29 is 9.18 Å². The van der Waals surface area contributed by atoms with E-state index in [2.05, 4.69) is 0 Å². The molecule has 0 heterocycles. The molecule has 2 unspecified atom stereocenters. The number of carbonyl (C=O) groups excluding carboxylic acids is 1. The summed E-state index contributed by atoms with van der Waals surface area (Å²) in [5.41, 5.74) is 1.23. The molecule has 2 fully saturated rings. The Bertz CT molecular complexity index is 394. The van der Waals surface area contributed by atoms with Crippen molar-refractivity contribution in [2.45, 2.75) is 24.7 Å². The Morgan fingerprint density at radius 2 is 1.93 bits per heavy atom. The van der Waals surface area contributed by atoms with E-state index in [1.807, 2.05) is 12.1 Å². The first-order chi connectivity index (χ1) is 7.27. The van der Waals surface area contributed by atoms with Crippen LogP contribution in [0.15, 0.2) is 24.3 Å². The van der Waals surface area contributed by atoms with Crippen LogP contribution in [0.1, 0.15) is 24.8 Å². The number of aldehydes is 1. The van der Waals surface area contributed by atoms with Crippen LogP contribution < -0.4 is 0 Å². The Morgan fingerprint density at radius 1 is 1.27 bits per heavy atom. The zero-order chi connectivity index (χ0) is 10.5. The van der Waals surface area contributed by atoms with Gasteiger partial charge in [0, 0.05) is 11.3 Å². The molecule has 1 nitrogen and oxygen atoms in total. The molecule has 0 N–H and O–H groups in total. The van der Waals surface area contributed by atoms with Gasteiger partial charge in [0.15, 0.2) is 0 Å². The van der Waals surface area contributed by atoms with Gasteiger partial charge in [-0.15, -0.1) is 0 Å². The third kappa shape index (κ3) is 1.24. The normalized spacial score (nSPS) is 33.8. The Morgan fingerprint density at radius 3 is 2.40 bits per heavy atom. The highest BCUT2D eigenvalue weighted by atomic mass is 19.1. The number of rotatable bonds is 3. The molecule has 1 aromatic carbocycles. The van der Waals surface area contributed by atoms with Crippen molar-refractivity contribution in [2.75, 3.05) is 0 Å². The van der Waals surface area contributed by atoms with E-state index in [-0.39, 0.29) is 17.2 Å². The van der Waals surface area contributed by atoms with Gasteiger partial charge < -0.3 is 4.79 Å². The molecule has 3 rings (SSSR count). The predicted octanol–water partition coefficient (Wildman–Crippen LogP) is 2.69. The van der Waals surface area contributed by atoms with Crippen molar-refractivity contribution >= 4 is 6.29 Å². The summed E-state index contributed by atoms with van der Waals surface area (Å²) in [6.45, 7) is 0. The molecule has 15 heavy (non-hydrogen) atoms. The molecular formula is C13H13FO. The van der Waals surface area contributed by atoms with E-state index in [0.717, 1.165) is 18.3 Å². The third-order valence-electron chi connectivity index (χ3n) is 3.91. The van der Waals surface area contributed by atoms with Crippen molar-refractivity contribution in [2.24, 2.45) is 11.8 Å². The number of benzene rings is 1. The van der Waals surface area contributed by atoms with Crippen LogP contribution >= 0.6 is 0 Å². The number of halogens is 1. The maximum Gasteiger partial charge on any atom is 0.124 e. The zero-order valence-electron chi connectivity index (χ0n) is 8.45. The van der Waals surface area contributed by atoms with Crippen molar-refractivity contribution in [1.29, 1.82) is 0 Å². The number of hydrogen-bond donors (Lipinski definition) is 0. The van der Waals surface area contributed by atoms with E-state index in [0.29, 0.717) is 5.92 Å². The van der Waals surface area contributed by atoms with Gasteiger partial charge in [-0.2, -0.15) is 0 Å². The molecule has 2 heteroatoms. The van der Waals surface area contributed by atoms with Crippen LogP contribution in [0, 0.1) is 17.7 Å². The van der Waals surface area contributed by atoms with E-state index in [1.54, 1.807) is 0 Å². The quantitative estimate of drug-likeness (QED) is 0.692. The van der Waals surface area contributed by atoms with Crippen LogP contribution in [0.2, 0.25) is 0 Å². The standard InChI is InChI=1S/C13H13FO/c14-12-5-3-10(4-6-12)13(9-1-2-9)7-11(13)8-15/h3-6,8-9,11H,1-2,7H2. The lowest BCUT2D eigenvalue weighted by atomic mass is 9.88. The predicted molar refractivity (Wildman–Crippen MR) is 55.0 cm³/mol. The Balaban J connectivity index is 1.97. The molecule has 0 aliphatic heterocycles. The lowest BCUT2D eigenvalue weighted by Gasteiger charge is -2.15. The highest BCUT2D eigenvalue weighted by Crippen LogP contribution is 2.65. The van der Waals surface area contributed by atoms with Crippen LogP contribution in [-0.2, 0) is 10.2 Å². The second kappa shape index (κ2) is 2.91. The molecule has 0 radical (unpaired) electrons. The molecule has 2 saturated carbocycles. The fourth-order valence-corrected chi connectivity index (χ4v) is 2.87. The summed E-state index contributed by atoms with van der Waals surface area (Å²) < 4.78 is 12.8. The highest BCUT2D eigenvalue weighted by molar-refractivity contribution is 5.65. The van der Waals surface area contributed by atoms with Gasteiger partial charge >= 0.3 is 0 Å². The van der Waals surface area contributed by atoms with Gasteiger partial charge in [0.05, 0.1) is 0 Å². The summed E-state index contributed by atoms with van der Waals surface area (Å²) in [5.74, 6) is 0.640. The maximum absolute atomic E-state index is 12.8. The lowest BCUT2D eigenvalue weighted by molar-refractivity contribution is -0.109. The lowest BCUT2D eigenvalue weighted by Crippen LogP contribution is -2.13. The topological polar surface area (TPSA) is 17.1 Å². The van der Waals surface area contributed by atoms with E-state index in [4.69, 9.17) is 0 Å². The van der Waals surface area contributed by atoms with Gasteiger partial charge in [0.1, 0.15) is 12.1 Å². The fourth-order valence-electron chi connectivity index (χ4n) is 2.87. The summed E-state index contributed by atoms with van der Waals surface area (Å²) in [6.07, 6.45) is 4.48. The van der Waals surface area contributed by atoms with Gasteiger partial charge in [0.25, 0.3) is 0 Å². The summed E-state index contributed by atoms with van der Waals surface area (Å²) in [6, 6.07) is 6.69. The van der Waals surface area contributed by atoms with E-state index in [9.17, 15) is 9.18 Å². The van der Waals surface area contributed by atoms with Crippen molar-refractivity contribution in [3.8, 4) is 0 Å². The summed E-state index contributed by atoms with van der Waals surface area (Å²) in [4.78, 5) is 10.9. The second-order valence-corrected chi connectivity index (χ2v) is 4.77. The molecule has 78 valence electrons. The van der Waals surface area contributed by atoms with Crippen LogP contribution in [0.5, 0.6) is 0 Å². The van der Waals surface area contributed by atoms with E-state index >= 15 is 0 Å². The monoisotopic (exact) mass is 204 g/mol. The van der Waals surface area contributed by atoms with Gasteiger partial charge in [0.2, 0.25) is 0 Å². The third-order valence-corrected chi connectivity index (χ3v) is 3.91. The van der Waals surface area contributed by atoms with Crippen LogP contribution in [0.4, 0.5) is 4.39 Å². The summed E-state index contributed by atoms with van der Waals surface area (Å²) >= 11 is 0. The molecular weight excluding hydrogens is 191 g/mol. The first-order valence-corrected chi connectivity index (χ1v) is 5.49. The van der Waals surface area contributed by atoms with Crippen LogP contribution in [0.25, 0.3) is 0 Å². The zero-order valence-corrected chi connectivity index (χ0v) is 8.45. The van der Waals surface area contributed by atoms with Crippen molar-refractivity contribution in [3.05, 3.63) is 35.6 Å². The summed E-state index contributed by atoms with van der Waals surface area (Å²) in [7, 11) is 0. The molecule has 0 bridgehead atoms. The smallest absolute Gasteiger partial charge is 0.124 e. The Kier molecular flexibility index (Phi) is 1.76. The molecule has 2 aliphatic rings. The van der Waals surface area contributed by atoms with Crippen LogP contribution in [-0.4, -0.2) is 6.29 Å². The van der Waals surface area contributed by atoms with Gasteiger partial charge in [-0.1, -0.05) is 12.1 Å². The largest absolute Gasteiger partial charge is 0.303 e. The SMILES string of the molecule is O=CC1CC1(c1ccc(F)cc1)C1CC1. The molecule has 2 aliphatic carbocycles. The van der Waals surface area contributed by atoms with Crippen LogP contribution in [0.3, 0.4) is 0 Å². The molecule has 0 aromatic heterocycles. The number of carbonyl (C=O) groups is 1. The van der Waals surface area contributed by atoms with E-state index in [1.165, 1.54) is 25.0 Å². The average Bonchev–Trinajstić information content (AvgIpc) is 3.12. The molecule has 0 spiro atoms. The minimum atomic E-state index is -0.201. The average molecular weight is 204 g/mol. The molecule has 0 saturated heterocycles. The van der Waals surface area contributed by atoms with Gasteiger partial charge in [-0.3, -0.25) is 0 Å². The Hall–Kier alpha value is -1.18. The molecule has 2 atom stereocenters. The minimum absolute atomic E-state index is 0.0788. The molecule has 0 amide bonds. The molecule has 1 aromatic rings. The van der Waals surface area contributed by atoms with Gasteiger partial charge in [-0.25, -0.2) is 4.39 Å². The first-order valence-electron chi connectivity index (χ1n) is 5.49. The van der Waals surface area contributed by atoms with E-state index < -0.39 is 0 Å². The first kappa shape index (κ1) is 9.08. The maximum atomic E-state index is 12.8. The number of hydrogen-bond acceptors (Lipinski definition) is 1. The Labute approximate surface area is 88.3 Å². The minimum Gasteiger partial charge on any atom is -0.303 e. The second-order valence-electron chi connectivity index (χ2n) is 4.77. The van der Waals surface area contributed by atoms with Crippen molar-refractivity contribution in [3.63, 3.8) is 0 Å². The van der Waals surface area contributed by atoms with Gasteiger partial charge in [-0.05, 0) is 42.9 Å².